The third kappa shape index (κ3) is 3.60. The van der Waals surface area contributed by atoms with Crippen molar-refractivity contribution in [3.63, 3.8) is 0 Å². The van der Waals surface area contributed by atoms with Gasteiger partial charge in [0.1, 0.15) is 17.2 Å². The molecule has 2 aromatic rings. The highest BCUT2D eigenvalue weighted by atomic mass is 19.1. The fourth-order valence-electron chi connectivity index (χ4n) is 5.25. The number of aromatic hydroxyl groups is 1. The molecular weight excluding hydrogens is 464 g/mol. The molecule has 4 atom stereocenters. The molecule has 5 rings (SSSR count). The molecule has 1 aromatic heterocycles. The van der Waals surface area contributed by atoms with Crippen molar-refractivity contribution in [2.45, 2.75) is 57.2 Å². The average Bonchev–Trinajstić information content (AvgIpc) is 3.05. The van der Waals surface area contributed by atoms with E-state index < -0.39 is 58.1 Å². The predicted molar refractivity (Wildman–Crippen MR) is 118 cm³/mol. The summed E-state index contributed by atoms with van der Waals surface area (Å²) in [6, 6.07) is 2.43. The first-order chi connectivity index (χ1) is 16.5. The fraction of sp³-hybridized carbons (Fsp3) is 0.435. The van der Waals surface area contributed by atoms with Crippen LogP contribution in [0.2, 0.25) is 0 Å². The van der Waals surface area contributed by atoms with Crippen molar-refractivity contribution in [2.24, 2.45) is 5.73 Å². The molecule has 2 saturated heterocycles. The quantitative estimate of drug-likeness (QED) is 0.591. The molecule has 0 aliphatic carbocycles. The van der Waals surface area contributed by atoms with Crippen LogP contribution in [-0.2, 0) is 11.4 Å². The number of pyridine rings is 1. The molecule has 1 spiro atoms. The highest BCUT2D eigenvalue weighted by molar-refractivity contribution is 5.99. The second-order valence-corrected chi connectivity index (χ2v) is 9.31. The van der Waals surface area contributed by atoms with Crippen molar-refractivity contribution >= 4 is 11.8 Å². The molecule has 4 heterocycles. The number of nitrogens with two attached hydrogens (primary N) is 1. The molecule has 1 unspecified atom stereocenters. The molecule has 10 nitrogen and oxygen atoms in total. The van der Waals surface area contributed by atoms with Crippen molar-refractivity contribution < 1.29 is 28.3 Å². The van der Waals surface area contributed by atoms with Gasteiger partial charge in [0, 0.05) is 30.4 Å². The molecule has 3 aliphatic heterocycles. The minimum Gasteiger partial charge on any atom is -0.503 e. The molecule has 186 valence electrons. The Labute approximate surface area is 198 Å². The maximum atomic E-state index is 14.3. The van der Waals surface area contributed by atoms with Gasteiger partial charge >= 0.3 is 0 Å². The monoisotopic (exact) mass is 489 g/mol. The van der Waals surface area contributed by atoms with Crippen molar-refractivity contribution in [2.75, 3.05) is 6.54 Å². The molecule has 12 heteroatoms. The van der Waals surface area contributed by atoms with E-state index in [2.05, 4.69) is 5.32 Å². The van der Waals surface area contributed by atoms with Crippen LogP contribution in [0.15, 0.2) is 29.2 Å². The summed E-state index contributed by atoms with van der Waals surface area (Å²) in [5, 5.41) is 15.6. The first-order valence-electron chi connectivity index (χ1n) is 11.3. The number of nitrogens with zero attached hydrogens (tertiary/aromatic N) is 3. The number of rotatable bonds is 3. The number of amides is 2. The van der Waals surface area contributed by atoms with E-state index in [1.54, 1.807) is 4.90 Å². The average molecular weight is 489 g/mol. The van der Waals surface area contributed by atoms with Crippen molar-refractivity contribution in [1.82, 2.24) is 19.8 Å². The van der Waals surface area contributed by atoms with Crippen LogP contribution < -0.4 is 16.5 Å². The van der Waals surface area contributed by atoms with Gasteiger partial charge < -0.3 is 20.3 Å². The lowest BCUT2D eigenvalue weighted by molar-refractivity contribution is -0.228. The van der Waals surface area contributed by atoms with Gasteiger partial charge in [-0.05, 0) is 32.8 Å². The number of halogens is 2. The third-order valence-corrected chi connectivity index (χ3v) is 7.16. The number of primary amides is 1. The molecule has 2 bridgehead atoms. The van der Waals surface area contributed by atoms with Gasteiger partial charge in [-0.15, -0.1) is 0 Å². The number of hydrogen-bond donors (Lipinski definition) is 3. The topological polar surface area (TPSA) is 130 Å². The Morgan fingerprint density at radius 1 is 1.31 bits per heavy atom. The first kappa shape index (κ1) is 23.4. The largest absolute Gasteiger partial charge is 0.503 e. The van der Waals surface area contributed by atoms with E-state index in [0.717, 1.165) is 6.07 Å². The summed E-state index contributed by atoms with van der Waals surface area (Å²) >= 11 is 0. The Morgan fingerprint density at radius 3 is 2.74 bits per heavy atom. The van der Waals surface area contributed by atoms with E-state index in [-0.39, 0.29) is 30.4 Å². The highest BCUT2D eigenvalue weighted by Crippen LogP contribution is 2.44. The molecular formula is C23H25F2N5O5. The lowest BCUT2D eigenvalue weighted by atomic mass is 9.96. The summed E-state index contributed by atoms with van der Waals surface area (Å²) in [7, 11) is 0. The Morgan fingerprint density at radius 2 is 2.06 bits per heavy atom. The number of benzene rings is 1. The maximum absolute atomic E-state index is 14.3. The van der Waals surface area contributed by atoms with Gasteiger partial charge in [-0.2, -0.15) is 5.06 Å². The second-order valence-electron chi connectivity index (χ2n) is 9.31. The summed E-state index contributed by atoms with van der Waals surface area (Å²) in [6.45, 7) is 3.86. The second kappa shape index (κ2) is 8.11. The van der Waals surface area contributed by atoms with E-state index >= 15 is 0 Å². The number of nitrogens with one attached hydrogen (secondary N) is 1. The predicted octanol–water partition coefficient (Wildman–Crippen LogP) is 1.19. The number of fused-ring (bicyclic) bond motifs is 5. The molecule has 0 radical (unpaired) electrons. The summed E-state index contributed by atoms with van der Waals surface area (Å²) < 4.78 is 29.1. The highest BCUT2D eigenvalue weighted by Gasteiger charge is 2.55. The first-order valence-corrected chi connectivity index (χ1v) is 11.3. The van der Waals surface area contributed by atoms with Gasteiger partial charge in [-0.1, -0.05) is 6.07 Å². The van der Waals surface area contributed by atoms with Crippen LogP contribution in [0.25, 0.3) is 0 Å². The van der Waals surface area contributed by atoms with Crippen LogP contribution in [0.4, 0.5) is 8.78 Å². The smallest absolute Gasteiger partial charge is 0.274 e. The lowest BCUT2D eigenvalue weighted by Crippen LogP contribution is -2.56. The number of carbonyl (C=O) groups excluding carboxylic acids is 2. The van der Waals surface area contributed by atoms with Crippen molar-refractivity contribution in [3.05, 3.63) is 63.1 Å². The Balaban J connectivity index is 1.59. The molecule has 35 heavy (non-hydrogen) atoms. The van der Waals surface area contributed by atoms with Crippen LogP contribution >= 0.6 is 0 Å². The summed E-state index contributed by atoms with van der Waals surface area (Å²) in [5.74, 6) is -3.80. The van der Waals surface area contributed by atoms with Gasteiger partial charge in [0.25, 0.3) is 11.8 Å². The van der Waals surface area contributed by atoms with Gasteiger partial charge in [0.2, 0.25) is 5.43 Å². The number of carbonyl (C=O) groups is 2. The van der Waals surface area contributed by atoms with Crippen LogP contribution in [0.1, 0.15) is 59.1 Å². The normalized spacial score (nSPS) is 28.3. The van der Waals surface area contributed by atoms with Crippen molar-refractivity contribution in [3.8, 4) is 5.75 Å². The van der Waals surface area contributed by atoms with Gasteiger partial charge in [-0.3, -0.25) is 24.5 Å². The zero-order valence-corrected chi connectivity index (χ0v) is 19.1. The minimum absolute atomic E-state index is 0.0156. The standard InChI is InChI=1S/C23H25F2N5O5/c1-11-5-6-23(27-12(2)30(35-23)8-13-3-4-14(24)7-16(13)25)17-10-28(11)22(34)18-20(32)19(31)15(21(26)33)9-29(17)18/h3-4,7,9,11-12,17,27,32H,5-6,8,10H2,1-2H3,(H2,26,33)/t11-,12?,17+,23+/m0/s1. The van der Waals surface area contributed by atoms with Crippen LogP contribution in [0, 0.1) is 11.6 Å². The fourth-order valence-corrected chi connectivity index (χ4v) is 5.25. The lowest BCUT2D eigenvalue weighted by Gasteiger charge is -2.42. The summed E-state index contributed by atoms with van der Waals surface area (Å²) in [5.41, 5.74) is 2.76. The molecule has 0 saturated carbocycles. The van der Waals surface area contributed by atoms with Gasteiger partial charge in [0.05, 0.1) is 18.8 Å². The molecule has 3 aliphatic rings. The molecule has 4 N–H and O–H groups in total. The number of hydroxylamine groups is 2. The van der Waals surface area contributed by atoms with E-state index in [9.17, 15) is 28.3 Å². The van der Waals surface area contributed by atoms with Gasteiger partial charge in [0.15, 0.2) is 17.2 Å². The van der Waals surface area contributed by atoms with E-state index in [0.29, 0.717) is 12.8 Å². The van der Waals surface area contributed by atoms with Crippen molar-refractivity contribution in [1.29, 1.82) is 0 Å². The number of aromatic nitrogens is 1. The van der Waals surface area contributed by atoms with E-state index in [1.807, 2.05) is 13.8 Å². The molecule has 2 fully saturated rings. The maximum Gasteiger partial charge on any atom is 0.274 e. The zero-order valence-electron chi connectivity index (χ0n) is 19.1. The SMILES string of the molecule is CC1N[C@]2(CC[C@H](C)N3C[C@H]2n2cc(C(N)=O)c(=O)c(O)c2C3=O)ON1Cc1ccc(F)cc1F. The minimum atomic E-state index is -1.12. The summed E-state index contributed by atoms with van der Waals surface area (Å²) in [6.07, 6.45) is 1.73. The van der Waals surface area contributed by atoms with Crippen LogP contribution in [0.5, 0.6) is 5.75 Å². The Kier molecular flexibility index (Phi) is 5.42. The Bertz CT molecular complexity index is 1300. The summed E-state index contributed by atoms with van der Waals surface area (Å²) in [4.78, 5) is 45.6. The Hall–Kier alpha value is -3.35. The third-order valence-electron chi connectivity index (χ3n) is 7.16. The molecule has 1 aromatic carbocycles. The van der Waals surface area contributed by atoms with E-state index in [1.165, 1.54) is 28.0 Å². The van der Waals surface area contributed by atoms with E-state index in [4.69, 9.17) is 10.6 Å². The van der Waals surface area contributed by atoms with Crippen LogP contribution in [-0.4, -0.2) is 55.9 Å². The molecule has 2 amide bonds. The number of hydrogen-bond acceptors (Lipinski definition) is 7. The van der Waals surface area contributed by atoms with Gasteiger partial charge in [-0.25, -0.2) is 8.78 Å². The zero-order chi connectivity index (χ0) is 25.2. The van der Waals surface area contributed by atoms with Crippen LogP contribution in [0.3, 0.4) is 0 Å².